The Morgan fingerprint density at radius 2 is 2.16 bits per heavy atom. The van der Waals surface area contributed by atoms with Gasteiger partial charge < -0.3 is 10.6 Å². The van der Waals surface area contributed by atoms with E-state index in [4.69, 9.17) is 0 Å². The van der Waals surface area contributed by atoms with E-state index in [9.17, 15) is 4.79 Å². The minimum absolute atomic E-state index is 0.0298. The van der Waals surface area contributed by atoms with E-state index in [1.807, 2.05) is 13.8 Å². The Morgan fingerprint density at radius 3 is 2.84 bits per heavy atom. The second-order valence-corrected chi connectivity index (χ2v) is 5.33. The molecular weight excluding hydrogens is 260 g/mol. The predicted molar refractivity (Wildman–Crippen MR) is 78.7 cm³/mol. The Balaban J connectivity index is 2.25. The molecule has 0 saturated heterocycles. The van der Waals surface area contributed by atoms with Gasteiger partial charge in [0.25, 0.3) is 0 Å². The van der Waals surface area contributed by atoms with E-state index in [-0.39, 0.29) is 12.5 Å². The molecule has 2 aromatic rings. The molecule has 6 heteroatoms. The van der Waals surface area contributed by atoms with Crippen molar-refractivity contribution in [1.82, 2.24) is 15.3 Å². The van der Waals surface area contributed by atoms with Crippen LogP contribution in [0.4, 0.5) is 5.82 Å². The molecule has 2 aromatic heterocycles. The Hall–Kier alpha value is -1.69. The molecule has 5 nitrogen and oxygen atoms in total. The summed E-state index contributed by atoms with van der Waals surface area (Å²) in [6.07, 6.45) is 0.982. The average molecular weight is 278 g/mol. The van der Waals surface area contributed by atoms with Crippen molar-refractivity contribution in [2.75, 3.05) is 18.4 Å². The highest BCUT2D eigenvalue weighted by Gasteiger charge is 2.10. The zero-order valence-corrected chi connectivity index (χ0v) is 12.2. The first-order chi connectivity index (χ1) is 9.13. The van der Waals surface area contributed by atoms with Gasteiger partial charge in [-0.25, -0.2) is 9.97 Å². The second-order valence-electron chi connectivity index (χ2n) is 4.21. The first-order valence-electron chi connectivity index (χ1n) is 6.41. The topological polar surface area (TPSA) is 66.9 Å². The van der Waals surface area contributed by atoms with Crippen molar-refractivity contribution in [3.8, 4) is 0 Å². The maximum Gasteiger partial charge on any atom is 0.239 e. The standard InChI is InChI=1S/C13H18N4OS/c1-4-9-6-10-12(15-7-11(18)14-5-2)16-8(3)17-13(10)19-9/h6H,4-5,7H2,1-3H3,(H,14,18)(H,15,16,17). The van der Waals surface area contributed by atoms with Crippen LogP contribution >= 0.6 is 11.3 Å². The number of aryl methyl sites for hydroxylation is 2. The van der Waals surface area contributed by atoms with Gasteiger partial charge in [0.2, 0.25) is 5.91 Å². The molecule has 102 valence electrons. The fourth-order valence-corrected chi connectivity index (χ4v) is 2.82. The van der Waals surface area contributed by atoms with Crippen LogP contribution in [0, 0.1) is 6.92 Å². The molecule has 19 heavy (non-hydrogen) atoms. The number of aromatic nitrogens is 2. The van der Waals surface area contributed by atoms with Gasteiger partial charge in [-0.15, -0.1) is 11.3 Å². The van der Waals surface area contributed by atoms with E-state index >= 15 is 0 Å². The predicted octanol–water partition coefficient (Wildman–Crippen LogP) is 2.11. The lowest BCUT2D eigenvalue weighted by Gasteiger charge is -2.07. The molecule has 0 atom stereocenters. The van der Waals surface area contributed by atoms with E-state index < -0.39 is 0 Å². The van der Waals surface area contributed by atoms with Gasteiger partial charge in [-0.3, -0.25) is 4.79 Å². The molecule has 0 aliphatic carbocycles. The van der Waals surface area contributed by atoms with Crippen LogP contribution in [0.25, 0.3) is 10.2 Å². The molecular formula is C13H18N4OS. The molecule has 0 bridgehead atoms. The van der Waals surface area contributed by atoms with Crippen LogP contribution < -0.4 is 10.6 Å². The molecule has 0 aliphatic heterocycles. The summed E-state index contributed by atoms with van der Waals surface area (Å²) in [6.45, 7) is 6.75. The minimum Gasteiger partial charge on any atom is -0.360 e. The summed E-state index contributed by atoms with van der Waals surface area (Å²) in [5.74, 6) is 1.43. The third-order valence-electron chi connectivity index (χ3n) is 2.69. The number of carbonyl (C=O) groups is 1. The van der Waals surface area contributed by atoms with Gasteiger partial charge in [0.05, 0.1) is 11.9 Å². The summed E-state index contributed by atoms with van der Waals surface area (Å²) in [6, 6.07) is 2.10. The number of carbonyl (C=O) groups excluding carboxylic acids is 1. The SMILES string of the molecule is CCNC(=O)CNc1nc(C)nc2sc(CC)cc12. The van der Waals surface area contributed by atoms with Gasteiger partial charge in [-0.2, -0.15) is 0 Å². The van der Waals surface area contributed by atoms with E-state index in [2.05, 4.69) is 33.6 Å². The van der Waals surface area contributed by atoms with Gasteiger partial charge in [-0.05, 0) is 26.3 Å². The quantitative estimate of drug-likeness (QED) is 0.879. The van der Waals surface area contributed by atoms with Gasteiger partial charge >= 0.3 is 0 Å². The van der Waals surface area contributed by atoms with Crippen molar-refractivity contribution in [3.05, 3.63) is 16.8 Å². The third kappa shape index (κ3) is 3.20. The Kier molecular flexibility index (Phi) is 4.31. The molecule has 2 rings (SSSR count). The van der Waals surface area contributed by atoms with Crippen molar-refractivity contribution in [2.45, 2.75) is 27.2 Å². The molecule has 1 amide bonds. The highest BCUT2D eigenvalue weighted by Crippen LogP contribution is 2.29. The average Bonchev–Trinajstić information content (AvgIpc) is 2.79. The number of fused-ring (bicyclic) bond motifs is 1. The second kappa shape index (κ2) is 5.97. The van der Waals surface area contributed by atoms with Gasteiger partial charge in [0.15, 0.2) is 0 Å². The lowest BCUT2D eigenvalue weighted by atomic mass is 10.3. The lowest BCUT2D eigenvalue weighted by Crippen LogP contribution is -2.29. The van der Waals surface area contributed by atoms with E-state index in [1.54, 1.807) is 11.3 Å². The number of thiophene rings is 1. The van der Waals surface area contributed by atoms with Crippen molar-refractivity contribution in [3.63, 3.8) is 0 Å². The number of amides is 1. The van der Waals surface area contributed by atoms with Crippen LogP contribution in [-0.4, -0.2) is 29.0 Å². The van der Waals surface area contributed by atoms with Crippen LogP contribution in [-0.2, 0) is 11.2 Å². The maximum atomic E-state index is 11.5. The fraction of sp³-hybridized carbons (Fsp3) is 0.462. The van der Waals surface area contributed by atoms with E-state index in [0.29, 0.717) is 6.54 Å². The summed E-state index contributed by atoms with van der Waals surface area (Å²) < 4.78 is 0. The Morgan fingerprint density at radius 1 is 1.37 bits per heavy atom. The first kappa shape index (κ1) is 13.7. The zero-order chi connectivity index (χ0) is 13.8. The minimum atomic E-state index is -0.0298. The van der Waals surface area contributed by atoms with Gasteiger partial charge in [-0.1, -0.05) is 6.92 Å². The van der Waals surface area contributed by atoms with Crippen molar-refractivity contribution in [2.24, 2.45) is 0 Å². The Labute approximate surface area is 116 Å². The largest absolute Gasteiger partial charge is 0.360 e. The fourth-order valence-electron chi connectivity index (χ4n) is 1.81. The summed E-state index contributed by atoms with van der Waals surface area (Å²) in [7, 11) is 0. The van der Waals surface area contributed by atoms with Crippen molar-refractivity contribution >= 4 is 33.3 Å². The van der Waals surface area contributed by atoms with Crippen molar-refractivity contribution < 1.29 is 4.79 Å². The highest BCUT2D eigenvalue weighted by atomic mass is 32.1. The summed E-state index contributed by atoms with van der Waals surface area (Å²) in [5, 5.41) is 6.84. The third-order valence-corrected chi connectivity index (χ3v) is 3.87. The normalized spacial score (nSPS) is 10.7. The molecule has 0 aliphatic rings. The van der Waals surface area contributed by atoms with Gasteiger partial charge in [0.1, 0.15) is 16.5 Å². The van der Waals surface area contributed by atoms with E-state index in [1.165, 1.54) is 4.88 Å². The zero-order valence-electron chi connectivity index (χ0n) is 11.4. The summed E-state index contributed by atoms with van der Waals surface area (Å²) in [5.41, 5.74) is 0. The number of nitrogens with one attached hydrogen (secondary N) is 2. The monoisotopic (exact) mass is 278 g/mol. The number of hydrogen-bond donors (Lipinski definition) is 2. The number of likely N-dealkylation sites (N-methyl/N-ethyl adjacent to an activating group) is 1. The van der Waals surface area contributed by atoms with E-state index in [0.717, 1.165) is 28.3 Å². The van der Waals surface area contributed by atoms with Crippen LogP contribution in [0.2, 0.25) is 0 Å². The molecule has 2 heterocycles. The smallest absolute Gasteiger partial charge is 0.239 e. The molecule has 0 radical (unpaired) electrons. The first-order valence-corrected chi connectivity index (χ1v) is 7.23. The van der Waals surface area contributed by atoms with Crippen LogP contribution in [0.5, 0.6) is 0 Å². The summed E-state index contributed by atoms with van der Waals surface area (Å²) in [4.78, 5) is 22.6. The van der Waals surface area contributed by atoms with Gasteiger partial charge in [0, 0.05) is 11.4 Å². The van der Waals surface area contributed by atoms with Crippen LogP contribution in [0.15, 0.2) is 6.07 Å². The Bertz CT molecular complexity index is 594. The maximum absolute atomic E-state index is 11.5. The van der Waals surface area contributed by atoms with Crippen LogP contribution in [0.1, 0.15) is 24.5 Å². The molecule has 0 spiro atoms. The molecule has 2 N–H and O–H groups in total. The lowest BCUT2D eigenvalue weighted by molar-refractivity contribution is -0.119. The number of anilines is 1. The number of rotatable bonds is 5. The van der Waals surface area contributed by atoms with Crippen LogP contribution in [0.3, 0.4) is 0 Å². The highest BCUT2D eigenvalue weighted by molar-refractivity contribution is 7.18. The molecule has 0 saturated carbocycles. The van der Waals surface area contributed by atoms with Crippen molar-refractivity contribution in [1.29, 1.82) is 0 Å². The molecule has 0 aromatic carbocycles. The molecule has 0 unspecified atom stereocenters. The number of nitrogens with zero attached hydrogens (tertiary/aromatic N) is 2. The summed E-state index contributed by atoms with van der Waals surface area (Å²) >= 11 is 1.68. The molecule has 0 fully saturated rings. The number of hydrogen-bond acceptors (Lipinski definition) is 5.